The van der Waals surface area contributed by atoms with Gasteiger partial charge in [0, 0.05) is 19.6 Å². The number of hydrogen-bond acceptors (Lipinski definition) is 2. The van der Waals surface area contributed by atoms with Gasteiger partial charge in [0.25, 0.3) is 0 Å². The molecule has 0 bridgehead atoms. The Morgan fingerprint density at radius 2 is 1.94 bits per heavy atom. The van der Waals surface area contributed by atoms with E-state index in [1.807, 2.05) is 51.1 Å². The molecule has 0 radical (unpaired) electrons. The van der Waals surface area contributed by atoms with Crippen LogP contribution in [0.5, 0.6) is 0 Å². The average molecular weight is 249 g/mol. The molecule has 0 fully saturated rings. The van der Waals surface area contributed by atoms with E-state index in [-0.39, 0.29) is 11.4 Å². The minimum absolute atomic E-state index is 0.0727. The highest BCUT2D eigenvalue weighted by Crippen LogP contribution is 2.19. The predicted molar refractivity (Wildman–Crippen MR) is 73.3 cm³/mol. The molecule has 0 aromatic heterocycles. The number of benzene rings is 1. The fourth-order valence-corrected chi connectivity index (χ4v) is 1.82. The summed E-state index contributed by atoms with van der Waals surface area (Å²) in [5.41, 5.74) is 0.785. The fraction of sp³-hybridized carbons (Fsp3) is 0.533. The topological polar surface area (TPSA) is 38.3 Å². The quantitative estimate of drug-likeness (QED) is 0.755. The minimum atomic E-state index is -0.329. The van der Waals surface area contributed by atoms with Gasteiger partial charge in [-0.1, -0.05) is 30.3 Å². The van der Waals surface area contributed by atoms with Crippen LogP contribution in [0.15, 0.2) is 30.3 Å². The van der Waals surface area contributed by atoms with Crippen molar-refractivity contribution in [3.05, 3.63) is 35.9 Å². The Balaban J connectivity index is 2.43. The van der Waals surface area contributed by atoms with Crippen LogP contribution in [-0.4, -0.2) is 19.1 Å². The van der Waals surface area contributed by atoms with Gasteiger partial charge in [0.05, 0.1) is 5.54 Å². The van der Waals surface area contributed by atoms with Gasteiger partial charge in [-0.05, 0) is 32.8 Å². The lowest BCUT2D eigenvalue weighted by molar-refractivity contribution is -0.123. The second-order valence-electron chi connectivity index (χ2n) is 4.84. The standard InChI is InChI=1S/C15H23NO2/c1-4-18-12-8-11-14(17)16-15(2,3)13-9-6-5-7-10-13/h5-7,9-10H,4,8,11-12H2,1-3H3,(H,16,17). The molecule has 3 nitrogen and oxygen atoms in total. The van der Waals surface area contributed by atoms with Crippen LogP contribution >= 0.6 is 0 Å². The first-order valence-electron chi connectivity index (χ1n) is 6.50. The maximum atomic E-state index is 11.8. The molecule has 0 heterocycles. The fourth-order valence-electron chi connectivity index (χ4n) is 1.82. The van der Waals surface area contributed by atoms with Crippen molar-refractivity contribution in [2.45, 2.75) is 39.2 Å². The van der Waals surface area contributed by atoms with Gasteiger partial charge in [0.1, 0.15) is 0 Å². The molecule has 1 aromatic carbocycles. The normalized spacial score (nSPS) is 11.3. The minimum Gasteiger partial charge on any atom is -0.382 e. The van der Waals surface area contributed by atoms with Crippen molar-refractivity contribution in [3.8, 4) is 0 Å². The van der Waals surface area contributed by atoms with Gasteiger partial charge in [0.15, 0.2) is 0 Å². The smallest absolute Gasteiger partial charge is 0.220 e. The van der Waals surface area contributed by atoms with Gasteiger partial charge in [-0.25, -0.2) is 0 Å². The molecule has 0 saturated carbocycles. The molecule has 1 rings (SSSR count). The zero-order valence-electron chi connectivity index (χ0n) is 11.5. The Morgan fingerprint density at radius 3 is 2.56 bits per heavy atom. The molecule has 3 heteroatoms. The lowest BCUT2D eigenvalue weighted by Crippen LogP contribution is -2.40. The number of carbonyl (C=O) groups excluding carboxylic acids is 1. The van der Waals surface area contributed by atoms with Crippen molar-refractivity contribution in [1.82, 2.24) is 5.32 Å². The molecule has 1 N–H and O–H groups in total. The van der Waals surface area contributed by atoms with Crippen LogP contribution in [0.4, 0.5) is 0 Å². The first kappa shape index (κ1) is 14.7. The Kier molecular flexibility index (Phi) is 5.86. The van der Waals surface area contributed by atoms with Gasteiger partial charge in [-0.3, -0.25) is 4.79 Å². The largest absolute Gasteiger partial charge is 0.382 e. The lowest BCUT2D eigenvalue weighted by atomic mass is 9.94. The monoisotopic (exact) mass is 249 g/mol. The summed E-state index contributed by atoms with van der Waals surface area (Å²) in [4.78, 5) is 11.8. The first-order valence-corrected chi connectivity index (χ1v) is 6.50. The van der Waals surface area contributed by atoms with Crippen molar-refractivity contribution in [2.24, 2.45) is 0 Å². The zero-order valence-corrected chi connectivity index (χ0v) is 11.5. The van der Waals surface area contributed by atoms with Crippen LogP contribution in [0.25, 0.3) is 0 Å². The maximum Gasteiger partial charge on any atom is 0.220 e. The molecule has 1 aromatic rings. The van der Waals surface area contributed by atoms with Crippen LogP contribution < -0.4 is 5.32 Å². The van der Waals surface area contributed by atoms with E-state index in [0.717, 1.165) is 12.0 Å². The molecule has 0 spiro atoms. The third-order valence-corrected chi connectivity index (χ3v) is 2.84. The molecular formula is C15H23NO2. The Morgan fingerprint density at radius 1 is 1.28 bits per heavy atom. The summed E-state index contributed by atoms with van der Waals surface area (Å²) in [5, 5.41) is 3.05. The highest BCUT2D eigenvalue weighted by Gasteiger charge is 2.21. The van der Waals surface area contributed by atoms with Gasteiger partial charge in [-0.15, -0.1) is 0 Å². The van der Waals surface area contributed by atoms with Crippen LogP contribution in [0.2, 0.25) is 0 Å². The summed E-state index contributed by atoms with van der Waals surface area (Å²) in [6.45, 7) is 7.34. The summed E-state index contributed by atoms with van der Waals surface area (Å²) in [5.74, 6) is 0.0727. The third-order valence-electron chi connectivity index (χ3n) is 2.84. The summed E-state index contributed by atoms with van der Waals surface area (Å²) >= 11 is 0. The number of nitrogens with one attached hydrogen (secondary N) is 1. The number of amides is 1. The van der Waals surface area contributed by atoms with E-state index in [1.54, 1.807) is 0 Å². The zero-order chi connectivity index (χ0) is 13.4. The molecule has 0 saturated heterocycles. The summed E-state index contributed by atoms with van der Waals surface area (Å²) in [7, 11) is 0. The number of hydrogen-bond donors (Lipinski definition) is 1. The molecule has 0 unspecified atom stereocenters. The molecule has 0 atom stereocenters. The van der Waals surface area contributed by atoms with E-state index in [2.05, 4.69) is 5.32 Å². The van der Waals surface area contributed by atoms with Crippen LogP contribution in [0, 0.1) is 0 Å². The molecule has 1 amide bonds. The van der Waals surface area contributed by atoms with Crippen molar-refractivity contribution in [2.75, 3.05) is 13.2 Å². The molecule has 0 aliphatic rings. The van der Waals surface area contributed by atoms with E-state index < -0.39 is 0 Å². The highest BCUT2D eigenvalue weighted by atomic mass is 16.5. The number of carbonyl (C=O) groups is 1. The van der Waals surface area contributed by atoms with Crippen LogP contribution in [0.3, 0.4) is 0 Å². The SMILES string of the molecule is CCOCCCC(=O)NC(C)(C)c1ccccc1. The van der Waals surface area contributed by atoms with Crippen molar-refractivity contribution < 1.29 is 9.53 Å². The molecule has 0 aliphatic heterocycles. The third kappa shape index (κ3) is 4.88. The maximum absolute atomic E-state index is 11.8. The Labute approximate surface area is 110 Å². The van der Waals surface area contributed by atoms with Gasteiger partial charge >= 0.3 is 0 Å². The van der Waals surface area contributed by atoms with Gasteiger partial charge < -0.3 is 10.1 Å². The van der Waals surface area contributed by atoms with E-state index in [1.165, 1.54) is 0 Å². The highest BCUT2D eigenvalue weighted by molar-refractivity contribution is 5.76. The molecule has 18 heavy (non-hydrogen) atoms. The van der Waals surface area contributed by atoms with E-state index in [0.29, 0.717) is 19.6 Å². The van der Waals surface area contributed by atoms with Crippen LogP contribution in [0.1, 0.15) is 39.2 Å². The Hall–Kier alpha value is -1.35. The van der Waals surface area contributed by atoms with Crippen LogP contribution in [-0.2, 0) is 15.1 Å². The number of ether oxygens (including phenoxy) is 1. The second kappa shape index (κ2) is 7.17. The summed E-state index contributed by atoms with van der Waals surface area (Å²) in [6.07, 6.45) is 1.28. The van der Waals surface area contributed by atoms with Crippen molar-refractivity contribution in [1.29, 1.82) is 0 Å². The van der Waals surface area contributed by atoms with E-state index in [4.69, 9.17) is 4.74 Å². The van der Waals surface area contributed by atoms with E-state index in [9.17, 15) is 4.79 Å². The van der Waals surface area contributed by atoms with Gasteiger partial charge in [-0.2, -0.15) is 0 Å². The number of rotatable bonds is 7. The lowest BCUT2D eigenvalue weighted by Gasteiger charge is -2.27. The Bertz CT molecular complexity index is 360. The average Bonchev–Trinajstić information content (AvgIpc) is 2.35. The molecular weight excluding hydrogens is 226 g/mol. The van der Waals surface area contributed by atoms with Gasteiger partial charge in [0.2, 0.25) is 5.91 Å². The van der Waals surface area contributed by atoms with Crippen molar-refractivity contribution in [3.63, 3.8) is 0 Å². The molecule has 100 valence electrons. The van der Waals surface area contributed by atoms with E-state index >= 15 is 0 Å². The summed E-state index contributed by atoms with van der Waals surface area (Å²) < 4.78 is 5.22. The van der Waals surface area contributed by atoms with Crippen molar-refractivity contribution >= 4 is 5.91 Å². The summed E-state index contributed by atoms with van der Waals surface area (Å²) in [6, 6.07) is 10.0. The second-order valence-corrected chi connectivity index (χ2v) is 4.84. The molecule has 0 aliphatic carbocycles. The predicted octanol–water partition coefficient (Wildman–Crippen LogP) is 2.85. The first-order chi connectivity index (χ1) is 8.56.